The molecule has 0 aliphatic carbocycles. The van der Waals surface area contributed by atoms with E-state index in [9.17, 15) is 9.90 Å². The standard InChI is InChI=1S/C25H23ClN2O3/c1-4-10-17(5-2)22-16-21(27-28(22)6-3)20-15-19(26)13-14-23(20)31-24(25(29)30)18-11-8-7-9-12-18/h4-5,7-16,24H,1-2,6H2,3H3,(H,29,30)/b17-10+. The van der Waals surface area contributed by atoms with Gasteiger partial charge in [-0.05, 0) is 36.8 Å². The van der Waals surface area contributed by atoms with Crippen molar-refractivity contribution in [1.82, 2.24) is 9.78 Å². The van der Waals surface area contributed by atoms with Crippen LogP contribution in [0, 0.1) is 0 Å². The number of ether oxygens (including phenoxy) is 1. The Kier molecular flexibility index (Phi) is 7.11. The molecule has 158 valence electrons. The molecule has 1 N–H and O–H groups in total. The first kappa shape index (κ1) is 22.1. The Balaban J connectivity index is 2.09. The first-order valence-electron chi connectivity index (χ1n) is 9.76. The van der Waals surface area contributed by atoms with Gasteiger partial charge in [-0.3, -0.25) is 4.68 Å². The summed E-state index contributed by atoms with van der Waals surface area (Å²) in [5.74, 6) is -0.712. The van der Waals surface area contributed by atoms with Gasteiger partial charge in [-0.2, -0.15) is 5.10 Å². The van der Waals surface area contributed by atoms with Crippen molar-refractivity contribution < 1.29 is 14.6 Å². The van der Waals surface area contributed by atoms with E-state index in [-0.39, 0.29) is 0 Å². The van der Waals surface area contributed by atoms with E-state index in [1.807, 2.05) is 29.8 Å². The lowest BCUT2D eigenvalue weighted by Gasteiger charge is -2.17. The van der Waals surface area contributed by atoms with Crippen LogP contribution in [0.4, 0.5) is 0 Å². The minimum atomic E-state index is -1.17. The highest BCUT2D eigenvalue weighted by Gasteiger charge is 2.24. The number of benzene rings is 2. The van der Waals surface area contributed by atoms with Crippen molar-refractivity contribution in [3.05, 3.63) is 102 Å². The molecule has 0 amide bonds. The van der Waals surface area contributed by atoms with Crippen LogP contribution in [0.3, 0.4) is 0 Å². The molecule has 0 aliphatic heterocycles. The lowest BCUT2D eigenvalue weighted by Crippen LogP contribution is -2.18. The van der Waals surface area contributed by atoms with Crippen molar-refractivity contribution in [2.75, 3.05) is 0 Å². The van der Waals surface area contributed by atoms with E-state index in [2.05, 4.69) is 18.3 Å². The molecule has 0 bridgehead atoms. The Morgan fingerprint density at radius 3 is 2.58 bits per heavy atom. The highest BCUT2D eigenvalue weighted by Crippen LogP contribution is 2.36. The van der Waals surface area contributed by atoms with Gasteiger partial charge < -0.3 is 9.84 Å². The fraction of sp³-hybridized carbons (Fsp3) is 0.120. The Labute approximate surface area is 186 Å². The molecule has 31 heavy (non-hydrogen) atoms. The van der Waals surface area contributed by atoms with Gasteiger partial charge in [0.15, 0.2) is 0 Å². The van der Waals surface area contributed by atoms with Gasteiger partial charge in [-0.1, -0.05) is 73.3 Å². The third-order valence-corrected chi connectivity index (χ3v) is 4.92. The maximum atomic E-state index is 11.9. The second kappa shape index (κ2) is 9.96. The van der Waals surface area contributed by atoms with Crippen LogP contribution in [-0.4, -0.2) is 20.9 Å². The number of carboxylic acid groups (broad SMARTS) is 1. The van der Waals surface area contributed by atoms with Crippen LogP contribution in [-0.2, 0) is 11.3 Å². The number of aromatic nitrogens is 2. The van der Waals surface area contributed by atoms with E-state index < -0.39 is 12.1 Å². The topological polar surface area (TPSA) is 64.3 Å². The summed E-state index contributed by atoms with van der Waals surface area (Å²) in [7, 11) is 0. The van der Waals surface area contributed by atoms with Crippen molar-refractivity contribution in [3.63, 3.8) is 0 Å². The number of rotatable bonds is 9. The maximum Gasteiger partial charge on any atom is 0.349 e. The second-order valence-corrected chi connectivity index (χ2v) is 7.12. The van der Waals surface area contributed by atoms with Gasteiger partial charge in [0.05, 0.1) is 11.4 Å². The van der Waals surface area contributed by atoms with Gasteiger partial charge in [0.2, 0.25) is 6.10 Å². The van der Waals surface area contributed by atoms with E-state index in [4.69, 9.17) is 16.3 Å². The Morgan fingerprint density at radius 1 is 1.23 bits per heavy atom. The van der Waals surface area contributed by atoms with Gasteiger partial charge >= 0.3 is 5.97 Å². The number of hydrogen-bond donors (Lipinski definition) is 1. The summed E-state index contributed by atoms with van der Waals surface area (Å²) in [6, 6.07) is 15.7. The van der Waals surface area contributed by atoms with Crippen molar-refractivity contribution >= 4 is 23.1 Å². The smallest absolute Gasteiger partial charge is 0.349 e. The van der Waals surface area contributed by atoms with Crippen LogP contribution in [0.15, 0.2) is 86.0 Å². The predicted molar refractivity (Wildman–Crippen MR) is 124 cm³/mol. The lowest BCUT2D eigenvalue weighted by atomic mass is 10.1. The molecule has 1 heterocycles. The molecular weight excluding hydrogens is 412 g/mol. The van der Waals surface area contributed by atoms with Crippen molar-refractivity contribution in [2.24, 2.45) is 0 Å². The quantitative estimate of drug-likeness (QED) is 0.408. The van der Waals surface area contributed by atoms with Crippen LogP contribution < -0.4 is 4.74 Å². The minimum absolute atomic E-state index is 0.376. The summed E-state index contributed by atoms with van der Waals surface area (Å²) in [5, 5.41) is 14.9. The van der Waals surface area contributed by atoms with Crippen molar-refractivity contribution in [3.8, 4) is 17.0 Å². The molecule has 3 aromatic rings. The first-order valence-corrected chi connectivity index (χ1v) is 10.1. The fourth-order valence-electron chi connectivity index (χ4n) is 3.23. The van der Waals surface area contributed by atoms with Gasteiger partial charge in [0, 0.05) is 22.7 Å². The summed E-state index contributed by atoms with van der Waals surface area (Å²) in [6.07, 6.45) is 4.11. The van der Waals surface area contributed by atoms with E-state index in [0.717, 1.165) is 11.3 Å². The van der Waals surface area contributed by atoms with E-state index in [0.29, 0.717) is 34.1 Å². The van der Waals surface area contributed by atoms with E-state index in [1.165, 1.54) is 0 Å². The molecule has 3 rings (SSSR count). The summed E-state index contributed by atoms with van der Waals surface area (Å²) < 4.78 is 7.80. The van der Waals surface area contributed by atoms with Gasteiger partial charge in [-0.15, -0.1) is 0 Å². The molecule has 0 saturated carbocycles. The number of aliphatic carboxylic acids is 1. The number of carbonyl (C=O) groups is 1. The number of carboxylic acids is 1. The van der Waals surface area contributed by atoms with Gasteiger partial charge in [0.25, 0.3) is 0 Å². The molecule has 2 aromatic carbocycles. The zero-order valence-electron chi connectivity index (χ0n) is 17.2. The van der Waals surface area contributed by atoms with Crippen LogP contribution >= 0.6 is 11.6 Å². The third kappa shape index (κ3) is 4.95. The van der Waals surface area contributed by atoms with Gasteiger partial charge in [0.1, 0.15) is 5.75 Å². The van der Waals surface area contributed by atoms with Crippen LogP contribution in [0.5, 0.6) is 5.75 Å². The molecule has 0 spiro atoms. The van der Waals surface area contributed by atoms with Crippen molar-refractivity contribution in [1.29, 1.82) is 0 Å². The molecule has 6 heteroatoms. The molecule has 1 aromatic heterocycles. The zero-order valence-corrected chi connectivity index (χ0v) is 17.9. The number of allylic oxidation sites excluding steroid dienone is 4. The fourth-order valence-corrected chi connectivity index (χ4v) is 3.40. The Morgan fingerprint density at radius 2 is 1.97 bits per heavy atom. The van der Waals surface area contributed by atoms with Gasteiger partial charge in [-0.25, -0.2) is 4.79 Å². The van der Waals surface area contributed by atoms with E-state index >= 15 is 0 Å². The molecular formula is C25H23ClN2O3. The number of hydrogen-bond acceptors (Lipinski definition) is 3. The monoisotopic (exact) mass is 434 g/mol. The SMILES string of the molecule is C=C/C=C(\C=C)c1cc(-c2cc(Cl)ccc2OC(C(=O)O)c2ccccc2)nn1CC. The predicted octanol–water partition coefficient (Wildman–Crippen LogP) is 6.18. The van der Waals surface area contributed by atoms with E-state index in [1.54, 1.807) is 54.6 Å². The van der Waals surface area contributed by atoms with Crippen LogP contribution in [0.1, 0.15) is 24.3 Å². The first-order chi connectivity index (χ1) is 15.0. The summed E-state index contributed by atoms with van der Waals surface area (Å²) in [5.41, 5.74) is 3.48. The van der Waals surface area contributed by atoms with Crippen molar-refractivity contribution in [2.45, 2.75) is 19.6 Å². The highest BCUT2D eigenvalue weighted by molar-refractivity contribution is 6.31. The lowest BCUT2D eigenvalue weighted by molar-refractivity contribution is -0.145. The number of nitrogens with zero attached hydrogens (tertiary/aromatic N) is 2. The average Bonchev–Trinajstić information content (AvgIpc) is 3.21. The summed E-state index contributed by atoms with van der Waals surface area (Å²) in [6.45, 7) is 10.2. The number of halogens is 1. The average molecular weight is 435 g/mol. The van der Waals surface area contributed by atoms with Crippen LogP contribution in [0.2, 0.25) is 5.02 Å². The minimum Gasteiger partial charge on any atom is -0.478 e. The Bertz CT molecular complexity index is 1130. The third-order valence-electron chi connectivity index (χ3n) is 4.68. The molecule has 0 aliphatic rings. The summed E-state index contributed by atoms with van der Waals surface area (Å²) in [4.78, 5) is 11.9. The zero-order chi connectivity index (χ0) is 22.4. The molecule has 0 saturated heterocycles. The molecule has 5 nitrogen and oxygen atoms in total. The molecule has 0 fully saturated rings. The maximum absolute atomic E-state index is 11.9. The Hall–Kier alpha value is -3.57. The normalized spacial score (nSPS) is 12.3. The second-order valence-electron chi connectivity index (χ2n) is 6.68. The largest absolute Gasteiger partial charge is 0.478 e. The molecule has 1 unspecified atom stereocenters. The summed E-state index contributed by atoms with van der Waals surface area (Å²) >= 11 is 6.26. The molecule has 1 atom stereocenters. The number of aryl methyl sites for hydroxylation is 1. The highest BCUT2D eigenvalue weighted by atomic mass is 35.5. The van der Waals surface area contributed by atoms with Crippen LogP contribution in [0.25, 0.3) is 16.8 Å². The molecule has 0 radical (unpaired) electrons.